The highest BCUT2D eigenvalue weighted by Gasteiger charge is 2.41. The number of nitrogens with two attached hydrogens (primary N) is 1. The number of hydrogen-bond acceptors (Lipinski definition) is 3. The molecule has 3 atom stereocenters. The van der Waals surface area contributed by atoms with Crippen LogP contribution in [0, 0.1) is 17.8 Å². The van der Waals surface area contributed by atoms with Crippen molar-refractivity contribution in [3.05, 3.63) is 0 Å². The molecule has 2 saturated carbocycles. The van der Waals surface area contributed by atoms with Gasteiger partial charge in [-0.05, 0) is 44.4 Å². The largest absolute Gasteiger partial charge is 0.481 e. The zero-order chi connectivity index (χ0) is 14.0. The maximum atomic E-state index is 12.2. The van der Waals surface area contributed by atoms with Crippen LogP contribution in [-0.4, -0.2) is 29.1 Å². The van der Waals surface area contributed by atoms with Crippen LogP contribution < -0.4 is 11.1 Å². The second-order valence-electron chi connectivity index (χ2n) is 6.25. The Morgan fingerprint density at radius 2 is 1.68 bits per heavy atom. The van der Waals surface area contributed by atoms with Gasteiger partial charge in [-0.3, -0.25) is 9.59 Å². The highest BCUT2D eigenvalue weighted by atomic mass is 16.4. The summed E-state index contributed by atoms with van der Waals surface area (Å²) in [4.78, 5) is 23.5. The molecule has 0 saturated heterocycles. The fraction of sp³-hybridized carbons (Fsp3) is 0.857. The Kier molecular flexibility index (Phi) is 4.45. The molecule has 0 spiro atoms. The summed E-state index contributed by atoms with van der Waals surface area (Å²) < 4.78 is 0. The summed E-state index contributed by atoms with van der Waals surface area (Å²) in [6, 6.07) is 0.434. The van der Waals surface area contributed by atoms with Gasteiger partial charge in [0.05, 0.1) is 11.8 Å². The number of carbonyl (C=O) groups excluding carboxylic acids is 1. The van der Waals surface area contributed by atoms with Crippen LogP contribution in [0.15, 0.2) is 0 Å². The lowest BCUT2D eigenvalue weighted by Gasteiger charge is -2.28. The number of hydrogen-bond donors (Lipinski definition) is 3. The molecule has 0 aliphatic heterocycles. The highest BCUT2D eigenvalue weighted by molar-refractivity contribution is 5.85. The van der Waals surface area contributed by atoms with Gasteiger partial charge in [-0.1, -0.05) is 6.92 Å². The van der Waals surface area contributed by atoms with Crippen molar-refractivity contribution in [2.24, 2.45) is 23.5 Å². The monoisotopic (exact) mass is 268 g/mol. The Labute approximate surface area is 113 Å². The maximum absolute atomic E-state index is 12.2. The van der Waals surface area contributed by atoms with E-state index in [4.69, 9.17) is 5.73 Å². The lowest BCUT2D eigenvalue weighted by molar-refractivity contribution is -0.146. The van der Waals surface area contributed by atoms with Crippen LogP contribution in [0.5, 0.6) is 0 Å². The molecule has 5 heteroatoms. The molecule has 5 nitrogen and oxygen atoms in total. The van der Waals surface area contributed by atoms with Gasteiger partial charge in [0, 0.05) is 12.1 Å². The minimum Gasteiger partial charge on any atom is -0.481 e. The van der Waals surface area contributed by atoms with E-state index >= 15 is 0 Å². The predicted molar refractivity (Wildman–Crippen MR) is 71.4 cm³/mol. The molecule has 108 valence electrons. The Bertz CT molecular complexity index is 351. The minimum absolute atomic E-state index is 0.0720. The van der Waals surface area contributed by atoms with Gasteiger partial charge in [0.15, 0.2) is 0 Å². The first-order valence-electron chi connectivity index (χ1n) is 7.26. The third-order valence-corrected chi connectivity index (χ3v) is 4.57. The fourth-order valence-electron chi connectivity index (χ4n) is 3.43. The van der Waals surface area contributed by atoms with Gasteiger partial charge >= 0.3 is 5.97 Å². The van der Waals surface area contributed by atoms with Gasteiger partial charge in [-0.25, -0.2) is 0 Å². The molecule has 1 unspecified atom stereocenters. The van der Waals surface area contributed by atoms with Crippen molar-refractivity contribution in [3.63, 3.8) is 0 Å². The molecule has 2 rings (SSSR count). The third kappa shape index (κ3) is 3.47. The molecule has 19 heavy (non-hydrogen) atoms. The number of carboxylic acid groups (broad SMARTS) is 1. The van der Waals surface area contributed by atoms with Gasteiger partial charge in [-0.15, -0.1) is 0 Å². The molecule has 4 N–H and O–H groups in total. The van der Waals surface area contributed by atoms with E-state index in [1.165, 1.54) is 0 Å². The van der Waals surface area contributed by atoms with Crippen molar-refractivity contribution >= 4 is 11.9 Å². The zero-order valence-electron chi connectivity index (χ0n) is 11.5. The van der Waals surface area contributed by atoms with Crippen LogP contribution in [-0.2, 0) is 9.59 Å². The predicted octanol–water partition coefficient (Wildman–Crippen LogP) is 1.12. The van der Waals surface area contributed by atoms with Crippen LogP contribution in [0.2, 0.25) is 0 Å². The van der Waals surface area contributed by atoms with Gasteiger partial charge < -0.3 is 16.2 Å². The first kappa shape index (κ1) is 14.3. The van der Waals surface area contributed by atoms with E-state index in [1.54, 1.807) is 0 Å². The van der Waals surface area contributed by atoms with Crippen molar-refractivity contribution in [2.45, 2.75) is 57.5 Å². The van der Waals surface area contributed by atoms with E-state index in [9.17, 15) is 14.7 Å². The van der Waals surface area contributed by atoms with Crippen LogP contribution in [0.4, 0.5) is 0 Å². The topological polar surface area (TPSA) is 92.4 Å². The smallest absolute Gasteiger partial charge is 0.307 e. The van der Waals surface area contributed by atoms with Crippen LogP contribution in [0.25, 0.3) is 0 Å². The van der Waals surface area contributed by atoms with Crippen molar-refractivity contribution in [2.75, 3.05) is 0 Å². The van der Waals surface area contributed by atoms with Crippen LogP contribution in [0.3, 0.4) is 0 Å². The molecule has 2 aliphatic carbocycles. The quantitative estimate of drug-likeness (QED) is 0.715. The van der Waals surface area contributed by atoms with Gasteiger partial charge in [0.2, 0.25) is 5.91 Å². The summed E-state index contributed by atoms with van der Waals surface area (Å²) in [5.74, 6) is -1.46. The maximum Gasteiger partial charge on any atom is 0.307 e. The third-order valence-electron chi connectivity index (χ3n) is 4.57. The van der Waals surface area contributed by atoms with Crippen molar-refractivity contribution in [1.29, 1.82) is 0 Å². The molecule has 0 aromatic rings. The number of aliphatic carboxylic acids is 1. The molecule has 0 bridgehead atoms. The molecule has 1 amide bonds. The van der Waals surface area contributed by atoms with Gasteiger partial charge in [-0.2, -0.15) is 0 Å². The molecule has 0 radical (unpaired) electrons. The van der Waals surface area contributed by atoms with E-state index in [2.05, 4.69) is 5.32 Å². The number of nitrogens with one attached hydrogen (secondary N) is 1. The summed E-state index contributed by atoms with van der Waals surface area (Å²) in [6.45, 7) is 2.02. The minimum atomic E-state index is -0.838. The molecule has 0 heterocycles. The van der Waals surface area contributed by atoms with E-state index in [0.717, 1.165) is 25.7 Å². The summed E-state index contributed by atoms with van der Waals surface area (Å²) in [5.41, 5.74) is 5.84. The summed E-state index contributed by atoms with van der Waals surface area (Å²) in [7, 11) is 0. The zero-order valence-corrected chi connectivity index (χ0v) is 11.5. The Hall–Kier alpha value is -1.10. The van der Waals surface area contributed by atoms with Crippen molar-refractivity contribution in [1.82, 2.24) is 5.32 Å². The molecular weight excluding hydrogens is 244 g/mol. The number of carboxylic acids is 1. The fourth-order valence-corrected chi connectivity index (χ4v) is 3.43. The summed E-state index contributed by atoms with van der Waals surface area (Å²) >= 11 is 0. The van der Waals surface area contributed by atoms with E-state index in [0.29, 0.717) is 18.8 Å². The van der Waals surface area contributed by atoms with Gasteiger partial charge in [0.1, 0.15) is 0 Å². The Morgan fingerprint density at radius 1 is 1.11 bits per heavy atom. The first-order chi connectivity index (χ1) is 8.97. The Balaban J connectivity index is 1.90. The molecule has 0 aromatic heterocycles. The molecular formula is C14H24N2O3. The second-order valence-corrected chi connectivity index (χ2v) is 6.25. The van der Waals surface area contributed by atoms with E-state index in [-0.39, 0.29) is 23.9 Å². The van der Waals surface area contributed by atoms with Crippen molar-refractivity contribution in [3.8, 4) is 0 Å². The first-order valence-corrected chi connectivity index (χ1v) is 7.26. The number of carbonyl (C=O) groups is 2. The second kappa shape index (κ2) is 5.90. The molecule has 2 aliphatic rings. The molecule has 0 aromatic carbocycles. The lowest BCUT2D eigenvalue weighted by Crippen LogP contribution is -2.44. The van der Waals surface area contributed by atoms with Gasteiger partial charge in [0.25, 0.3) is 0 Å². The standard InChI is InChI=1S/C14H24N2O3/c1-8-6-11(12(7-8)14(18)19)13(17)16-10-4-2-9(15)3-5-10/h8-12H,2-7,15H2,1H3,(H,16,17)(H,18,19)/t8?,9?,10?,11-,12+/m0/s1. The lowest BCUT2D eigenvalue weighted by atomic mass is 9.90. The average Bonchev–Trinajstić information content (AvgIpc) is 2.74. The van der Waals surface area contributed by atoms with Crippen molar-refractivity contribution < 1.29 is 14.7 Å². The SMILES string of the molecule is CC1C[C@H](C(=O)NC2CCC(N)CC2)[C@H](C(=O)O)C1. The number of rotatable bonds is 3. The van der Waals surface area contributed by atoms with Crippen LogP contribution >= 0.6 is 0 Å². The number of amides is 1. The van der Waals surface area contributed by atoms with Crippen LogP contribution in [0.1, 0.15) is 45.4 Å². The normalized spacial score (nSPS) is 38.9. The summed E-state index contributed by atoms with van der Waals surface area (Å²) in [6.07, 6.45) is 5.00. The molecule has 2 fully saturated rings. The highest BCUT2D eigenvalue weighted by Crippen LogP contribution is 2.36. The van der Waals surface area contributed by atoms with E-state index in [1.807, 2.05) is 6.92 Å². The Morgan fingerprint density at radius 3 is 2.26 bits per heavy atom. The summed E-state index contributed by atoms with van der Waals surface area (Å²) in [5, 5.41) is 12.2. The van der Waals surface area contributed by atoms with E-state index < -0.39 is 11.9 Å². The average molecular weight is 268 g/mol.